The molecule has 0 aliphatic carbocycles. The maximum absolute atomic E-state index is 13.3. The Morgan fingerprint density at radius 3 is 2.39 bits per heavy atom. The molecule has 0 aliphatic heterocycles. The molecule has 7 heteroatoms. The van der Waals surface area contributed by atoms with Gasteiger partial charge in [-0.2, -0.15) is 0 Å². The minimum atomic E-state index is -3.97. The van der Waals surface area contributed by atoms with Crippen molar-refractivity contribution in [1.82, 2.24) is 0 Å². The van der Waals surface area contributed by atoms with Crippen LogP contribution in [0.4, 0.5) is 5.69 Å². The molecule has 0 heterocycles. The largest absolute Gasteiger partial charge is 0.457 e. The second kappa shape index (κ2) is 9.81. The number of hydrogen-bond donors (Lipinski definition) is 0. The number of ether oxygens (including phenoxy) is 1. The fourth-order valence-corrected chi connectivity index (χ4v) is 4.57. The number of carbonyl (C=O) groups is 1. The van der Waals surface area contributed by atoms with Crippen LogP contribution in [0, 0.1) is 6.92 Å². The minimum absolute atomic E-state index is 0.0125. The molecule has 0 N–H and O–H groups in total. The van der Waals surface area contributed by atoms with E-state index in [-0.39, 0.29) is 28.6 Å². The topological polar surface area (TPSA) is 63.7 Å². The van der Waals surface area contributed by atoms with Crippen molar-refractivity contribution < 1.29 is 17.9 Å². The summed E-state index contributed by atoms with van der Waals surface area (Å²) in [5, 5.41) is 0.114. The van der Waals surface area contributed by atoms with Gasteiger partial charge in [0.05, 0.1) is 27.7 Å². The van der Waals surface area contributed by atoms with E-state index in [1.54, 1.807) is 30.3 Å². The highest BCUT2D eigenvalue weighted by atomic mass is 35.5. The summed E-state index contributed by atoms with van der Waals surface area (Å²) >= 11 is 6.18. The fraction of sp³-hybridized carbons (Fsp3) is 0.125. The third-order valence-electron chi connectivity index (χ3n) is 4.58. The molecule has 3 rings (SSSR count). The van der Waals surface area contributed by atoms with Gasteiger partial charge in [0, 0.05) is 0 Å². The Hall–Kier alpha value is -3.09. The second-order valence-corrected chi connectivity index (χ2v) is 9.13. The van der Waals surface area contributed by atoms with Crippen LogP contribution in [0.5, 0.6) is 0 Å². The second-order valence-electron chi connectivity index (χ2n) is 6.86. The third-order valence-corrected chi connectivity index (χ3v) is 6.69. The number of anilines is 1. The number of para-hydroxylation sites is 1. The van der Waals surface area contributed by atoms with E-state index in [1.807, 2.05) is 31.2 Å². The number of nitrogens with zero attached hydrogens (tertiary/aromatic N) is 1. The number of hydrogen-bond acceptors (Lipinski definition) is 4. The lowest BCUT2D eigenvalue weighted by atomic mass is 10.2. The van der Waals surface area contributed by atoms with Crippen molar-refractivity contribution in [3.63, 3.8) is 0 Å². The minimum Gasteiger partial charge on any atom is -0.457 e. The van der Waals surface area contributed by atoms with Crippen molar-refractivity contribution in [2.24, 2.45) is 0 Å². The molecule has 160 valence electrons. The maximum atomic E-state index is 13.3. The van der Waals surface area contributed by atoms with Crippen molar-refractivity contribution in [2.75, 3.05) is 10.8 Å². The first-order valence-corrected chi connectivity index (χ1v) is 11.4. The summed E-state index contributed by atoms with van der Waals surface area (Å²) in [6.07, 6.45) is 1.50. The molecule has 0 radical (unpaired) electrons. The predicted octanol–water partition coefficient (Wildman–Crippen LogP) is 5.39. The van der Waals surface area contributed by atoms with Crippen LogP contribution >= 0.6 is 11.6 Å². The molecule has 3 aromatic rings. The van der Waals surface area contributed by atoms with Crippen LogP contribution in [0.25, 0.3) is 0 Å². The number of carbonyl (C=O) groups excluding carboxylic acids is 1. The quantitative estimate of drug-likeness (QED) is 0.337. The molecule has 31 heavy (non-hydrogen) atoms. The zero-order valence-corrected chi connectivity index (χ0v) is 18.6. The summed E-state index contributed by atoms with van der Waals surface area (Å²) in [7, 11) is -3.97. The molecule has 0 amide bonds. The molecule has 3 aromatic carbocycles. The summed E-state index contributed by atoms with van der Waals surface area (Å²) in [6, 6.07) is 20.2. The molecule has 5 nitrogen and oxygen atoms in total. The first-order chi connectivity index (χ1) is 14.8. The molecule has 0 aliphatic rings. The summed E-state index contributed by atoms with van der Waals surface area (Å²) in [6.45, 7) is 5.74. The van der Waals surface area contributed by atoms with Gasteiger partial charge < -0.3 is 4.74 Å². The van der Waals surface area contributed by atoms with E-state index in [1.165, 1.54) is 28.6 Å². The van der Waals surface area contributed by atoms with Crippen molar-refractivity contribution in [1.29, 1.82) is 0 Å². The Morgan fingerprint density at radius 1 is 1.06 bits per heavy atom. The number of benzene rings is 3. The van der Waals surface area contributed by atoms with Gasteiger partial charge in [-0.15, -0.1) is 6.58 Å². The smallest absolute Gasteiger partial charge is 0.340 e. The van der Waals surface area contributed by atoms with E-state index in [0.717, 1.165) is 11.1 Å². The highest BCUT2D eigenvalue weighted by molar-refractivity contribution is 7.92. The lowest BCUT2D eigenvalue weighted by molar-refractivity contribution is 0.0472. The van der Waals surface area contributed by atoms with Gasteiger partial charge in [-0.3, -0.25) is 4.31 Å². The number of aryl methyl sites for hydroxylation is 1. The lowest BCUT2D eigenvalue weighted by Crippen LogP contribution is -2.31. The molecule has 0 bridgehead atoms. The van der Waals surface area contributed by atoms with Gasteiger partial charge in [-0.25, -0.2) is 13.2 Å². The molecular formula is C24H22ClNO4S. The van der Waals surface area contributed by atoms with E-state index in [4.69, 9.17) is 16.3 Å². The van der Waals surface area contributed by atoms with Crippen molar-refractivity contribution >= 4 is 33.3 Å². The number of sulfonamides is 1. The summed E-state index contributed by atoms with van der Waals surface area (Å²) in [5.41, 5.74) is 2.39. The lowest BCUT2D eigenvalue weighted by Gasteiger charge is -2.23. The van der Waals surface area contributed by atoms with Crippen LogP contribution in [0.3, 0.4) is 0 Å². The van der Waals surface area contributed by atoms with Gasteiger partial charge in [0.1, 0.15) is 6.61 Å². The van der Waals surface area contributed by atoms with Crippen LogP contribution in [0.1, 0.15) is 21.5 Å². The average molecular weight is 456 g/mol. The Balaban J connectivity index is 1.88. The van der Waals surface area contributed by atoms with Crippen molar-refractivity contribution in [2.45, 2.75) is 18.4 Å². The first kappa shape index (κ1) is 22.6. The summed E-state index contributed by atoms with van der Waals surface area (Å²) in [4.78, 5) is 12.6. The predicted molar refractivity (Wildman–Crippen MR) is 123 cm³/mol. The van der Waals surface area contributed by atoms with Gasteiger partial charge >= 0.3 is 5.97 Å². The van der Waals surface area contributed by atoms with Crippen LogP contribution < -0.4 is 4.31 Å². The third kappa shape index (κ3) is 5.34. The van der Waals surface area contributed by atoms with E-state index in [0.29, 0.717) is 5.69 Å². The van der Waals surface area contributed by atoms with Crippen LogP contribution in [0.2, 0.25) is 5.02 Å². The number of esters is 1. The first-order valence-electron chi connectivity index (χ1n) is 9.54. The zero-order chi connectivity index (χ0) is 22.4. The molecule has 0 saturated heterocycles. The Bertz CT molecular complexity index is 1180. The van der Waals surface area contributed by atoms with E-state index in [2.05, 4.69) is 6.58 Å². The van der Waals surface area contributed by atoms with E-state index in [9.17, 15) is 13.2 Å². The van der Waals surface area contributed by atoms with Gasteiger partial charge in [-0.05, 0) is 42.8 Å². The van der Waals surface area contributed by atoms with Gasteiger partial charge in [0.25, 0.3) is 10.0 Å². The standard InChI is InChI=1S/C24H22ClNO4S/c1-3-15-26(20-7-5-4-6-8-20)31(28,29)21-13-14-23(25)22(16-21)24(27)30-17-19-11-9-18(2)10-12-19/h3-14,16H,1,15,17H2,2H3. The van der Waals surface area contributed by atoms with Crippen LogP contribution in [-0.4, -0.2) is 20.9 Å². The molecule has 0 saturated carbocycles. The van der Waals surface area contributed by atoms with Crippen molar-refractivity contribution in [3.8, 4) is 0 Å². The van der Waals surface area contributed by atoms with Crippen LogP contribution in [-0.2, 0) is 21.4 Å². The Morgan fingerprint density at radius 2 is 1.74 bits per heavy atom. The van der Waals surface area contributed by atoms with Gasteiger partial charge in [0.2, 0.25) is 0 Å². The van der Waals surface area contributed by atoms with Gasteiger partial charge in [-0.1, -0.05) is 65.7 Å². The number of halogens is 1. The fourth-order valence-electron chi connectivity index (χ4n) is 2.91. The molecule has 0 unspecified atom stereocenters. The molecule has 0 aromatic heterocycles. The van der Waals surface area contributed by atoms with Crippen molar-refractivity contribution in [3.05, 3.63) is 107 Å². The van der Waals surface area contributed by atoms with E-state index < -0.39 is 16.0 Å². The Labute approximate surface area is 187 Å². The molecule has 0 atom stereocenters. The highest BCUT2D eigenvalue weighted by Gasteiger charge is 2.26. The molecule has 0 spiro atoms. The molecular weight excluding hydrogens is 434 g/mol. The van der Waals surface area contributed by atoms with E-state index >= 15 is 0 Å². The summed E-state index contributed by atoms with van der Waals surface area (Å²) in [5.74, 6) is -0.697. The SMILES string of the molecule is C=CCN(c1ccccc1)S(=O)(=O)c1ccc(Cl)c(C(=O)OCc2ccc(C)cc2)c1. The van der Waals surface area contributed by atoms with Crippen LogP contribution in [0.15, 0.2) is 90.3 Å². The summed E-state index contributed by atoms with van der Waals surface area (Å²) < 4.78 is 33.2. The average Bonchev–Trinajstić information content (AvgIpc) is 2.77. The normalized spacial score (nSPS) is 11.0. The monoisotopic (exact) mass is 455 g/mol. The Kier molecular flexibility index (Phi) is 7.15. The maximum Gasteiger partial charge on any atom is 0.340 e. The molecule has 0 fully saturated rings. The van der Waals surface area contributed by atoms with Gasteiger partial charge in [0.15, 0.2) is 0 Å². The zero-order valence-electron chi connectivity index (χ0n) is 17.0. The highest BCUT2D eigenvalue weighted by Crippen LogP contribution is 2.27. The number of rotatable bonds is 8.